The number of halogens is 2. The molecule has 2 N–H and O–H groups in total. The Morgan fingerprint density at radius 2 is 1.95 bits per heavy atom. The number of phenols is 1. The Morgan fingerprint density at radius 1 is 1.24 bits per heavy atom. The molecule has 6 heteroatoms. The van der Waals surface area contributed by atoms with Gasteiger partial charge in [0, 0.05) is 5.56 Å². The van der Waals surface area contributed by atoms with E-state index in [1.807, 2.05) is 13.0 Å². The number of hydrogen-bond donors (Lipinski definition) is 2. The Kier molecular flexibility index (Phi) is 4.83. The first-order valence-electron chi connectivity index (χ1n) is 6.06. The number of phenolic OH excluding ortho intramolecular Hbond substituents is 1. The first-order valence-corrected chi connectivity index (χ1v) is 6.81. The fourth-order valence-electron chi connectivity index (χ4n) is 1.69. The number of hydrogen-bond acceptors (Lipinski definition) is 3. The highest BCUT2D eigenvalue weighted by molar-refractivity contribution is 6.36. The zero-order valence-corrected chi connectivity index (χ0v) is 12.6. The van der Waals surface area contributed by atoms with Gasteiger partial charge in [-0.05, 0) is 31.2 Å². The van der Waals surface area contributed by atoms with Gasteiger partial charge in [-0.2, -0.15) is 5.10 Å². The highest BCUT2D eigenvalue weighted by Crippen LogP contribution is 2.31. The summed E-state index contributed by atoms with van der Waals surface area (Å²) in [5, 5.41) is 14.0. The van der Waals surface area contributed by atoms with Gasteiger partial charge in [0.15, 0.2) is 0 Å². The van der Waals surface area contributed by atoms with Crippen molar-refractivity contribution in [3.63, 3.8) is 0 Å². The molecule has 0 aliphatic rings. The number of amides is 1. The fraction of sp³-hybridized carbons (Fsp3) is 0.0667. The molecular weight excluding hydrogens is 311 g/mol. The van der Waals surface area contributed by atoms with Crippen molar-refractivity contribution in [2.75, 3.05) is 0 Å². The molecule has 0 aliphatic heterocycles. The van der Waals surface area contributed by atoms with Crippen LogP contribution >= 0.6 is 23.2 Å². The maximum atomic E-state index is 11.9. The van der Waals surface area contributed by atoms with Crippen molar-refractivity contribution in [2.24, 2.45) is 5.10 Å². The van der Waals surface area contributed by atoms with Crippen LogP contribution in [0.2, 0.25) is 10.0 Å². The smallest absolute Gasteiger partial charge is 0.271 e. The minimum absolute atomic E-state index is 0.158. The standard InChI is InChI=1S/C15H12Cl2N2O2/c1-9-3-2-4-10(7-9)15(21)19-18-8-11-12(16)5-6-13(17)14(11)20/h2-8,20H,1H3,(H,19,21)/b18-8+. The van der Waals surface area contributed by atoms with Crippen molar-refractivity contribution < 1.29 is 9.90 Å². The van der Waals surface area contributed by atoms with Crippen LogP contribution in [0.5, 0.6) is 5.75 Å². The average molecular weight is 323 g/mol. The third-order valence-electron chi connectivity index (χ3n) is 2.75. The number of nitrogens with zero attached hydrogens (tertiary/aromatic N) is 1. The largest absolute Gasteiger partial charge is 0.506 e. The molecule has 0 atom stereocenters. The molecule has 0 radical (unpaired) electrons. The molecule has 0 heterocycles. The lowest BCUT2D eigenvalue weighted by Crippen LogP contribution is -2.17. The molecule has 0 saturated carbocycles. The maximum absolute atomic E-state index is 11.9. The molecule has 0 fully saturated rings. The van der Waals surface area contributed by atoms with E-state index in [9.17, 15) is 9.90 Å². The predicted octanol–water partition coefficient (Wildman–Crippen LogP) is 3.77. The van der Waals surface area contributed by atoms with Crippen molar-refractivity contribution in [1.29, 1.82) is 0 Å². The third-order valence-corrected chi connectivity index (χ3v) is 3.39. The van der Waals surface area contributed by atoms with Crippen LogP contribution in [-0.4, -0.2) is 17.2 Å². The van der Waals surface area contributed by atoms with Gasteiger partial charge in [0.05, 0.1) is 21.8 Å². The lowest BCUT2D eigenvalue weighted by molar-refractivity contribution is 0.0955. The predicted molar refractivity (Wildman–Crippen MR) is 84.4 cm³/mol. The first-order chi connectivity index (χ1) is 9.99. The Morgan fingerprint density at radius 3 is 2.67 bits per heavy atom. The van der Waals surface area contributed by atoms with E-state index < -0.39 is 0 Å². The van der Waals surface area contributed by atoms with Gasteiger partial charge in [0.2, 0.25) is 0 Å². The molecule has 2 aromatic rings. The summed E-state index contributed by atoms with van der Waals surface area (Å²) in [5.41, 5.74) is 4.08. The quantitative estimate of drug-likeness (QED) is 0.667. The molecule has 1 amide bonds. The van der Waals surface area contributed by atoms with Crippen molar-refractivity contribution >= 4 is 35.3 Å². The van der Waals surface area contributed by atoms with Crippen LogP contribution in [0.3, 0.4) is 0 Å². The number of nitrogens with one attached hydrogen (secondary N) is 1. The summed E-state index contributed by atoms with van der Waals surface area (Å²) in [6.07, 6.45) is 1.25. The maximum Gasteiger partial charge on any atom is 0.271 e. The van der Waals surface area contributed by atoms with E-state index in [0.29, 0.717) is 5.56 Å². The number of carbonyl (C=O) groups is 1. The van der Waals surface area contributed by atoms with Gasteiger partial charge in [0.1, 0.15) is 5.75 Å². The van der Waals surface area contributed by atoms with E-state index in [0.717, 1.165) is 5.56 Å². The van der Waals surface area contributed by atoms with Crippen LogP contribution < -0.4 is 5.43 Å². The Balaban J connectivity index is 2.13. The molecular formula is C15H12Cl2N2O2. The van der Waals surface area contributed by atoms with Crippen LogP contribution in [-0.2, 0) is 0 Å². The lowest BCUT2D eigenvalue weighted by Gasteiger charge is -2.04. The van der Waals surface area contributed by atoms with Crippen LogP contribution in [0.1, 0.15) is 21.5 Å². The second-order valence-corrected chi connectivity index (χ2v) is 5.17. The van der Waals surface area contributed by atoms with Gasteiger partial charge in [-0.3, -0.25) is 4.79 Å². The van der Waals surface area contributed by atoms with Gasteiger partial charge >= 0.3 is 0 Å². The highest BCUT2D eigenvalue weighted by atomic mass is 35.5. The summed E-state index contributed by atoms with van der Waals surface area (Å²) in [7, 11) is 0. The number of hydrazone groups is 1. The molecule has 0 unspecified atom stereocenters. The van der Waals surface area contributed by atoms with E-state index in [2.05, 4.69) is 10.5 Å². The zero-order valence-electron chi connectivity index (χ0n) is 11.1. The molecule has 2 aromatic carbocycles. The SMILES string of the molecule is Cc1cccc(C(=O)N/N=C/c2c(Cl)ccc(Cl)c2O)c1. The monoisotopic (exact) mass is 322 g/mol. The molecule has 108 valence electrons. The van der Waals surface area contributed by atoms with Gasteiger partial charge in [-0.25, -0.2) is 5.43 Å². The van der Waals surface area contributed by atoms with E-state index in [1.54, 1.807) is 18.2 Å². The van der Waals surface area contributed by atoms with Crippen LogP contribution in [0.25, 0.3) is 0 Å². The van der Waals surface area contributed by atoms with Crippen LogP contribution in [0.15, 0.2) is 41.5 Å². The Bertz CT molecular complexity index is 715. The normalized spacial score (nSPS) is 10.8. The number of carbonyl (C=O) groups excluding carboxylic acids is 1. The second-order valence-electron chi connectivity index (χ2n) is 4.36. The summed E-state index contributed by atoms with van der Waals surface area (Å²) in [6.45, 7) is 1.89. The molecule has 0 bridgehead atoms. The minimum Gasteiger partial charge on any atom is -0.506 e. The number of aromatic hydroxyl groups is 1. The van der Waals surface area contributed by atoms with Gasteiger partial charge in [0.25, 0.3) is 5.91 Å². The van der Waals surface area contributed by atoms with Gasteiger partial charge in [-0.1, -0.05) is 40.9 Å². The molecule has 0 saturated heterocycles. The molecule has 2 rings (SSSR count). The van der Waals surface area contributed by atoms with Crippen molar-refractivity contribution in [3.05, 3.63) is 63.1 Å². The number of aryl methyl sites for hydroxylation is 1. The first kappa shape index (κ1) is 15.4. The molecule has 0 spiro atoms. The van der Waals surface area contributed by atoms with Gasteiger partial charge in [-0.15, -0.1) is 0 Å². The van der Waals surface area contributed by atoms with Crippen LogP contribution in [0.4, 0.5) is 0 Å². The lowest BCUT2D eigenvalue weighted by atomic mass is 10.1. The van der Waals surface area contributed by atoms with Crippen LogP contribution in [0, 0.1) is 6.92 Å². The molecule has 21 heavy (non-hydrogen) atoms. The summed E-state index contributed by atoms with van der Waals surface area (Å²) in [4.78, 5) is 11.9. The van der Waals surface area contributed by atoms with Crippen molar-refractivity contribution in [3.8, 4) is 5.75 Å². The highest BCUT2D eigenvalue weighted by Gasteiger charge is 2.09. The number of rotatable bonds is 3. The molecule has 0 aromatic heterocycles. The summed E-state index contributed by atoms with van der Waals surface area (Å²) in [6, 6.07) is 10.1. The van der Waals surface area contributed by atoms with E-state index in [-0.39, 0.29) is 27.3 Å². The second kappa shape index (κ2) is 6.61. The zero-order chi connectivity index (χ0) is 15.4. The summed E-state index contributed by atoms with van der Waals surface area (Å²) >= 11 is 11.7. The molecule has 4 nitrogen and oxygen atoms in total. The number of benzene rings is 2. The Hall–Kier alpha value is -2.04. The minimum atomic E-state index is -0.354. The Labute approximate surface area is 132 Å². The summed E-state index contributed by atoms with van der Waals surface area (Å²) < 4.78 is 0. The topological polar surface area (TPSA) is 61.7 Å². The van der Waals surface area contributed by atoms with Crippen molar-refractivity contribution in [2.45, 2.75) is 6.92 Å². The molecule has 0 aliphatic carbocycles. The van der Waals surface area contributed by atoms with Gasteiger partial charge < -0.3 is 5.11 Å². The fourth-order valence-corrected chi connectivity index (χ4v) is 2.05. The van der Waals surface area contributed by atoms with Crippen molar-refractivity contribution in [1.82, 2.24) is 5.43 Å². The van der Waals surface area contributed by atoms with E-state index in [1.165, 1.54) is 18.3 Å². The summed E-state index contributed by atoms with van der Waals surface area (Å²) in [5.74, 6) is -0.537. The average Bonchev–Trinajstić information content (AvgIpc) is 2.46. The van der Waals surface area contributed by atoms with E-state index >= 15 is 0 Å². The third kappa shape index (κ3) is 3.74. The van der Waals surface area contributed by atoms with E-state index in [4.69, 9.17) is 23.2 Å².